The summed E-state index contributed by atoms with van der Waals surface area (Å²) in [7, 11) is 0. The first kappa shape index (κ1) is 15.6. The van der Waals surface area contributed by atoms with Gasteiger partial charge in [0.1, 0.15) is 5.01 Å². The van der Waals surface area contributed by atoms with Crippen LogP contribution < -0.4 is 0 Å². The van der Waals surface area contributed by atoms with Crippen LogP contribution in [0.5, 0.6) is 0 Å². The van der Waals surface area contributed by atoms with Gasteiger partial charge in [-0.25, -0.2) is 4.98 Å². The van der Waals surface area contributed by atoms with E-state index in [4.69, 9.17) is 10.2 Å². The van der Waals surface area contributed by atoms with Gasteiger partial charge in [-0.15, -0.1) is 11.3 Å². The van der Waals surface area contributed by atoms with Gasteiger partial charge in [-0.05, 0) is 24.6 Å². The molecule has 0 radical (unpaired) electrons. The first-order valence-electron chi connectivity index (χ1n) is 6.79. The van der Waals surface area contributed by atoms with Crippen molar-refractivity contribution < 1.29 is 15.0 Å². The number of benzene rings is 1. The van der Waals surface area contributed by atoms with Crippen molar-refractivity contribution in [3.8, 4) is 0 Å². The van der Waals surface area contributed by atoms with Crippen molar-refractivity contribution in [1.82, 2.24) is 9.88 Å². The maximum Gasteiger partial charge on any atom is 0.246 e. The number of aliphatic hydroxyl groups excluding tert-OH is 2. The molecule has 0 saturated carbocycles. The Labute approximate surface area is 127 Å². The normalized spacial score (nSPS) is 11.3. The number of aliphatic hydroxyl groups is 2. The number of hydrogen-bond acceptors (Lipinski definition) is 5. The average Bonchev–Trinajstić information content (AvgIpc) is 2.92. The molecule has 0 spiro atoms. The van der Waals surface area contributed by atoms with Gasteiger partial charge in [0.15, 0.2) is 0 Å². The summed E-state index contributed by atoms with van der Waals surface area (Å²) in [5, 5.41) is 18.6. The highest BCUT2D eigenvalue weighted by Crippen LogP contribution is 2.22. The van der Waals surface area contributed by atoms with Gasteiger partial charge in [-0.1, -0.05) is 12.1 Å². The number of hydrogen-bond donors (Lipinski definition) is 2. The van der Waals surface area contributed by atoms with Crippen LogP contribution in [0.4, 0.5) is 0 Å². The van der Waals surface area contributed by atoms with Crippen molar-refractivity contribution in [1.29, 1.82) is 0 Å². The molecule has 21 heavy (non-hydrogen) atoms. The highest BCUT2D eigenvalue weighted by Gasteiger charge is 2.09. The van der Waals surface area contributed by atoms with Crippen LogP contribution >= 0.6 is 11.3 Å². The van der Waals surface area contributed by atoms with Crippen molar-refractivity contribution in [2.75, 3.05) is 26.3 Å². The zero-order valence-electron chi connectivity index (χ0n) is 11.6. The third kappa shape index (κ3) is 4.35. The van der Waals surface area contributed by atoms with Gasteiger partial charge in [0, 0.05) is 25.8 Å². The summed E-state index contributed by atoms with van der Waals surface area (Å²) in [4.78, 5) is 18.0. The predicted molar refractivity (Wildman–Crippen MR) is 84.0 cm³/mol. The Kier molecular flexibility index (Phi) is 5.86. The van der Waals surface area contributed by atoms with Gasteiger partial charge in [-0.3, -0.25) is 4.79 Å². The fraction of sp³-hybridized carbons (Fsp3) is 0.333. The highest BCUT2D eigenvalue weighted by atomic mass is 32.1. The molecule has 0 saturated heterocycles. The van der Waals surface area contributed by atoms with Gasteiger partial charge < -0.3 is 15.1 Å². The Hall–Kier alpha value is -1.76. The fourth-order valence-corrected chi connectivity index (χ4v) is 2.79. The molecule has 2 aromatic rings. The van der Waals surface area contributed by atoms with Crippen molar-refractivity contribution in [2.24, 2.45) is 0 Å². The van der Waals surface area contributed by atoms with E-state index in [1.54, 1.807) is 6.08 Å². The molecule has 2 N–H and O–H groups in total. The van der Waals surface area contributed by atoms with Crippen molar-refractivity contribution in [3.05, 3.63) is 35.3 Å². The quantitative estimate of drug-likeness (QED) is 0.761. The Morgan fingerprint density at radius 3 is 2.76 bits per heavy atom. The summed E-state index contributed by atoms with van der Waals surface area (Å²) >= 11 is 1.52. The molecule has 0 bridgehead atoms. The van der Waals surface area contributed by atoms with Gasteiger partial charge in [0.25, 0.3) is 0 Å². The minimum atomic E-state index is -0.184. The van der Waals surface area contributed by atoms with E-state index in [1.165, 1.54) is 22.3 Å². The molecule has 0 aliphatic heterocycles. The lowest BCUT2D eigenvalue weighted by molar-refractivity contribution is -0.126. The molecule has 0 aliphatic carbocycles. The largest absolute Gasteiger partial charge is 0.396 e. The highest BCUT2D eigenvalue weighted by molar-refractivity contribution is 7.19. The summed E-state index contributed by atoms with van der Waals surface area (Å²) in [6, 6.07) is 7.81. The number of amides is 1. The minimum absolute atomic E-state index is 0.0246. The number of nitrogens with zero attached hydrogens (tertiary/aromatic N) is 2. The number of para-hydroxylation sites is 1. The predicted octanol–water partition coefficient (Wildman–Crippen LogP) is 1.51. The van der Waals surface area contributed by atoms with Crippen LogP contribution in [0.2, 0.25) is 0 Å². The second-order valence-electron chi connectivity index (χ2n) is 4.48. The van der Waals surface area contributed by atoms with Crippen LogP contribution in [0.3, 0.4) is 0 Å². The van der Waals surface area contributed by atoms with Crippen LogP contribution in [0.15, 0.2) is 30.3 Å². The third-order valence-corrected chi connectivity index (χ3v) is 3.95. The fourth-order valence-electron chi connectivity index (χ4n) is 1.92. The molecule has 0 fully saturated rings. The second kappa shape index (κ2) is 7.87. The number of carbonyl (C=O) groups is 1. The van der Waals surface area contributed by atoms with E-state index in [-0.39, 0.29) is 25.7 Å². The maximum absolute atomic E-state index is 12.1. The molecule has 1 aromatic carbocycles. The Morgan fingerprint density at radius 1 is 1.24 bits per heavy atom. The van der Waals surface area contributed by atoms with Crippen LogP contribution in [-0.4, -0.2) is 52.3 Å². The number of fused-ring (bicyclic) bond motifs is 1. The van der Waals surface area contributed by atoms with E-state index in [0.29, 0.717) is 13.0 Å². The standard InChI is InChI=1S/C15H18N2O3S/c18-10-3-8-17(9-11-19)15(20)7-6-14-16-12-4-1-2-5-13(12)21-14/h1-2,4-7,18-19H,3,8-11H2/b7-6+. The summed E-state index contributed by atoms with van der Waals surface area (Å²) in [6.07, 6.45) is 3.65. The molecule has 0 aliphatic rings. The van der Waals surface area contributed by atoms with E-state index in [0.717, 1.165) is 15.2 Å². The molecule has 112 valence electrons. The van der Waals surface area contributed by atoms with Crippen LogP contribution in [0, 0.1) is 0 Å². The first-order valence-corrected chi connectivity index (χ1v) is 7.60. The van der Waals surface area contributed by atoms with Crippen molar-refractivity contribution >= 4 is 33.5 Å². The molecule has 5 nitrogen and oxygen atoms in total. The van der Waals surface area contributed by atoms with E-state index in [1.807, 2.05) is 24.3 Å². The van der Waals surface area contributed by atoms with E-state index < -0.39 is 0 Å². The van der Waals surface area contributed by atoms with Crippen molar-refractivity contribution in [3.63, 3.8) is 0 Å². The number of rotatable bonds is 7. The van der Waals surface area contributed by atoms with E-state index in [2.05, 4.69) is 4.98 Å². The zero-order valence-corrected chi connectivity index (χ0v) is 12.4. The maximum atomic E-state index is 12.1. The molecule has 1 amide bonds. The summed E-state index contributed by atoms with van der Waals surface area (Å²) < 4.78 is 1.08. The molecular weight excluding hydrogens is 288 g/mol. The monoisotopic (exact) mass is 306 g/mol. The molecule has 0 atom stereocenters. The smallest absolute Gasteiger partial charge is 0.246 e. The van der Waals surface area contributed by atoms with Gasteiger partial charge >= 0.3 is 0 Å². The van der Waals surface area contributed by atoms with E-state index in [9.17, 15) is 4.79 Å². The Balaban J connectivity index is 2.05. The van der Waals surface area contributed by atoms with Gasteiger partial charge in [0.2, 0.25) is 5.91 Å². The topological polar surface area (TPSA) is 73.7 Å². The lowest BCUT2D eigenvalue weighted by Gasteiger charge is -2.19. The van der Waals surface area contributed by atoms with Gasteiger partial charge in [-0.2, -0.15) is 0 Å². The average molecular weight is 306 g/mol. The number of aromatic nitrogens is 1. The minimum Gasteiger partial charge on any atom is -0.396 e. The van der Waals surface area contributed by atoms with Crippen LogP contribution in [0.1, 0.15) is 11.4 Å². The molecule has 1 aromatic heterocycles. The van der Waals surface area contributed by atoms with Gasteiger partial charge in [0.05, 0.1) is 16.8 Å². The second-order valence-corrected chi connectivity index (χ2v) is 5.54. The molecule has 6 heteroatoms. The first-order chi connectivity index (χ1) is 10.2. The lowest BCUT2D eigenvalue weighted by atomic mass is 10.3. The third-order valence-electron chi connectivity index (χ3n) is 2.95. The summed E-state index contributed by atoms with van der Waals surface area (Å²) in [6.45, 7) is 0.631. The van der Waals surface area contributed by atoms with Crippen LogP contribution in [-0.2, 0) is 4.79 Å². The zero-order chi connectivity index (χ0) is 15.1. The molecule has 2 rings (SSSR count). The van der Waals surface area contributed by atoms with E-state index >= 15 is 0 Å². The summed E-state index contributed by atoms with van der Waals surface area (Å²) in [5.74, 6) is -0.184. The molecule has 0 unspecified atom stereocenters. The molecule has 1 heterocycles. The SMILES string of the molecule is O=C(/C=C/c1nc2ccccc2s1)N(CCO)CCCO. The lowest BCUT2D eigenvalue weighted by Crippen LogP contribution is -2.33. The Morgan fingerprint density at radius 2 is 2.05 bits per heavy atom. The van der Waals surface area contributed by atoms with Crippen molar-refractivity contribution in [2.45, 2.75) is 6.42 Å². The molecular formula is C15H18N2O3S. The summed E-state index contributed by atoms with van der Waals surface area (Å²) in [5.41, 5.74) is 0.919. The van der Waals surface area contributed by atoms with Crippen LogP contribution in [0.25, 0.3) is 16.3 Å². The number of carbonyl (C=O) groups excluding carboxylic acids is 1. The Bertz CT molecular complexity index is 591. The number of thiazole rings is 1.